The van der Waals surface area contributed by atoms with Crippen LogP contribution in [-0.4, -0.2) is 51.8 Å². The van der Waals surface area contributed by atoms with E-state index in [1.165, 1.54) is 11.3 Å². The van der Waals surface area contributed by atoms with Crippen molar-refractivity contribution >= 4 is 64.0 Å². The molecule has 8 nitrogen and oxygen atoms in total. The van der Waals surface area contributed by atoms with E-state index in [1.54, 1.807) is 31.2 Å². The van der Waals surface area contributed by atoms with Crippen LogP contribution in [0.5, 0.6) is 5.75 Å². The predicted octanol–water partition coefficient (Wildman–Crippen LogP) is 4.29. The summed E-state index contributed by atoms with van der Waals surface area (Å²) in [4.78, 5) is 18.6. The van der Waals surface area contributed by atoms with Crippen LogP contribution in [0.25, 0.3) is 10.2 Å². The first-order valence-corrected chi connectivity index (χ1v) is 11.1. The Morgan fingerprint density at radius 3 is 2.56 bits per heavy atom. The molecule has 0 bridgehead atoms. The van der Waals surface area contributed by atoms with Gasteiger partial charge in [-0.2, -0.15) is 0 Å². The first kappa shape index (κ1) is 27.4. The molecule has 1 fully saturated rings. The van der Waals surface area contributed by atoms with E-state index in [0.29, 0.717) is 29.3 Å². The number of halogens is 2. The molecule has 0 aliphatic carbocycles. The van der Waals surface area contributed by atoms with Gasteiger partial charge in [-0.3, -0.25) is 15.6 Å². The van der Waals surface area contributed by atoms with Gasteiger partial charge >= 0.3 is 5.97 Å². The Morgan fingerprint density at radius 2 is 1.97 bits per heavy atom. The monoisotopic (exact) mass is 523 g/mol. The fourth-order valence-electron chi connectivity index (χ4n) is 3.85. The van der Waals surface area contributed by atoms with Gasteiger partial charge in [-0.05, 0) is 42.8 Å². The number of nitrogens with one attached hydrogen (secondary N) is 2. The quantitative estimate of drug-likeness (QED) is 0.269. The fourth-order valence-corrected chi connectivity index (χ4v) is 4.85. The van der Waals surface area contributed by atoms with Crippen molar-refractivity contribution < 1.29 is 14.6 Å². The summed E-state index contributed by atoms with van der Waals surface area (Å²) in [7, 11) is 0. The first-order valence-electron chi connectivity index (χ1n) is 10.3. The highest BCUT2D eigenvalue weighted by Crippen LogP contribution is 2.29. The number of rotatable bonds is 7. The minimum atomic E-state index is -0.907. The van der Waals surface area contributed by atoms with E-state index in [0.717, 1.165) is 28.2 Å². The molecule has 2 heterocycles. The van der Waals surface area contributed by atoms with Gasteiger partial charge in [0.1, 0.15) is 17.7 Å². The molecule has 0 amide bonds. The zero-order chi connectivity index (χ0) is 22.8. The lowest BCUT2D eigenvalue weighted by Crippen LogP contribution is -2.28. The minimum absolute atomic E-state index is 0. The van der Waals surface area contributed by atoms with Gasteiger partial charge in [0.15, 0.2) is 0 Å². The van der Waals surface area contributed by atoms with E-state index in [1.807, 2.05) is 23.1 Å². The summed E-state index contributed by atoms with van der Waals surface area (Å²) in [6.45, 7) is 3.28. The van der Waals surface area contributed by atoms with Crippen molar-refractivity contribution in [2.75, 3.05) is 13.1 Å². The summed E-state index contributed by atoms with van der Waals surface area (Å²) >= 11 is 1.45. The van der Waals surface area contributed by atoms with Gasteiger partial charge in [0.05, 0.1) is 33.5 Å². The molecule has 1 aliphatic heterocycles. The molecular formula is C23H27Cl2N5O3S. The van der Waals surface area contributed by atoms with Crippen molar-refractivity contribution in [1.82, 2.24) is 9.88 Å². The highest BCUT2D eigenvalue weighted by atomic mass is 35.5. The van der Waals surface area contributed by atoms with E-state index in [9.17, 15) is 9.90 Å². The number of carboxylic acid groups (broad SMARTS) is 1. The number of nitrogens with two attached hydrogens (primary N) is 1. The summed E-state index contributed by atoms with van der Waals surface area (Å²) < 4.78 is 6.95. The van der Waals surface area contributed by atoms with Crippen LogP contribution in [0.3, 0.4) is 0 Å². The van der Waals surface area contributed by atoms with Crippen LogP contribution in [0.2, 0.25) is 0 Å². The third-order valence-corrected chi connectivity index (χ3v) is 6.68. The molecule has 5 N–H and O–H groups in total. The number of ether oxygens (including phenoxy) is 1. The number of nitrogen functional groups attached to an aromatic ring is 1. The molecule has 4 rings (SSSR count). The lowest BCUT2D eigenvalue weighted by molar-refractivity contribution is -0.138. The Kier molecular flexibility index (Phi) is 9.26. The molecular weight excluding hydrogens is 497 g/mol. The lowest BCUT2D eigenvalue weighted by atomic mass is 9.96. The van der Waals surface area contributed by atoms with Crippen molar-refractivity contribution in [2.24, 2.45) is 5.73 Å². The number of thiazole rings is 1. The first-order chi connectivity index (χ1) is 15.3. The van der Waals surface area contributed by atoms with Gasteiger partial charge in [-0.1, -0.05) is 12.1 Å². The maximum Gasteiger partial charge on any atom is 0.311 e. The Hall–Kier alpha value is -2.88. The normalized spacial score (nSPS) is 15.8. The largest absolute Gasteiger partial charge is 0.489 e. The van der Waals surface area contributed by atoms with Crippen molar-refractivity contribution in [1.29, 1.82) is 10.8 Å². The Balaban J connectivity index is 0.00000204. The Labute approximate surface area is 214 Å². The van der Waals surface area contributed by atoms with Gasteiger partial charge in [0, 0.05) is 24.9 Å². The van der Waals surface area contributed by atoms with Crippen LogP contribution in [0.4, 0.5) is 0 Å². The average Bonchev–Trinajstić information content (AvgIpc) is 3.38. The number of carbonyl (C=O) groups is 1. The molecule has 0 radical (unpaired) electrons. The molecule has 0 spiro atoms. The van der Waals surface area contributed by atoms with Crippen LogP contribution in [0.15, 0.2) is 42.5 Å². The van der Waals surface area contributed by atoms with E-state index in [-0.39, 0.29) is 43.2 Å². The fraction of sp³-hybridized carbons (Fsp3) is 0.304. The van der Waals surface area contributed by atoms with Gasteiger partial charge in [0.25, 0.3) is 0 Å². The third-order valence-electron chi connectivity index (χ3n) is 5.62. The lowest BCUT2D eigenvalue weighted by Gasteiger charge is -2.18. The van der Waals surface area contributed by atoms with Crippen molar-refractivity contribution in [3.8, 4) is 5.75 Å². The minimum Gasteiger partial charge on any atom is -0.489 e. The summed E-state index contributed by atoms with van der Waals surface area (Å²) in [6, 6.07) is 12.6. The van der Waals surface area contributed by atoms with Crippen molar-refractivity contribution in [3.05, 3.63) is 58.6 Å². The second-order valence-corrected chi connectivity index (χ2v) is 9.04. The number of aliphatic carboxylic acids is 1. The van der Waals surface area contributed by atoms with Crippen LogP contribution >= 0.6 is 36.2 Å². The summed E-state index contributed by atoms with van der Waals surface area (Å²) in [6.07, 6.45) is 1.16. The second kappa shape index (κ2) is 11.5. The standard InChI is InChI=1S/C23H25N5O3S.2ClH/c1-13(24)28-9-8-17(12-28)31-16-5-2-14(3-6-16)18(23(29)30)11-21-27-19-10-15(22(25)26)4-7-20(19)32-21;;/h2-7,10,17-18,24H,8-9,11-12H2,1H3,(H3,25,26)(H,29,30);2*1H/t17-,18?;;/m0../s1. The van der Waals surface area contributed by atoms with E-state index in [4.69, 9.17) is 21.3 Å². The van der Waals surface area contributed by atoms with Crippen molar-refractivity contribution in [3.63, 3.8) is 0 Å². The van der Waals surface area contributed by atoms with E-state index < -0.39 is 11.9 Å². The van der Waals surface area contributed by atoms with Gasteiger partial charge in [-0.15, -0.1) is 36.2 Å². The number of aromatic nitrogens is 1. The summed E-state index contributed by atoms with van der Waals surface area (Å²) in [5.74, 6) is -0.410. The van der Waals surface area contributed by atoms with Crippen LogP contribution < -0.4 is 10.5 Å². The zero-order valence-corrected chi connectivity index (χ0v) is 20.9. The van der Waals surface area contributed by atoms with Gasteiger partial charge < -0.3 is 20.5 Å². The smallest absolute Gasteiger partial charge is 0.311 e. The van der Waals surface area contributed by atoms with E-state index in [2.05, 4.69) is 4.98 Å². The van der Waals surface area contributed by atoms with Gasteiger partial charge in [0.2, 0.25) is 0 Å². The molecule has 1 unspecified atom stereocenters. The number of hydrogen-bond acceptors (Lipinski definition) is 6. The molecule has 2 aromatic carbocycles. The molecule has 1 aliphatic rings. The predicted molar refractivity (Wildman–Crippen MR) is 140 cm³/mol. The number of likely N-dealkylation sites (tertiary alicyclic amines) is 1. The average molecular weight is 524 g/mol. The molecule has 1 saturated heterocycles. The number of nitrogens with zero attached hydrogens (tertiary/aromatic N) is 2. The topological polar surface area (TPSA) is 136 Å². The summed E-state index contributed by atoms with van der Waals surface area (Å²) in [5, 5.41) is 25.9. The maximum atomic E-state index is 12.0. The Bertz CT molecular complexity index is 1190. The molecule has 34 heavy (non-hydrogen) atoms. The molecule has 1 aromatic heterocycles. The summed E-state index contributed by atoms with van der Waals surface area (Å²) in [5.41, 5.74) is 7.56. The number of fused-ring (bicyclic) bond motifs is 1. The Morgan fingerprint density at radius 1 is 1.26 bits per heavy atom. The molecule has 11 heteroatoms. The highest BCUT2D eigenvalue weighted by Gasteiger charge is 2.25. The van der Waals surface area contributed by atoms with Crippen LogP contribution in [0.1, 0.15) is 35.4 Å². The van der Waals surface area contributed by atoms with Crippen LogP contribution in [0, 0.1) is 10.8 Å². The number of amidine groups is 2. The van der Waals surface area contributed by atoms with Crippen LogP contribution in [-0.2, 0) is 11.2 Å². The SMILES string of the molecule is CC(=N)N1CC[C@H](Oc2ccc(C(Cc3nc4cc(C(=N)N)ccc4s3)C(=O)O)cc2)C1.Cl.Cl. The maximum absolute atomic E-state index is 12.0. The molecule has 0 saturated carbocycles. The zero-order valence-electron chi connectivity index (χ0n) is 18.5. The highest BCUT2D eigenvalue weighted by molar-refractivity contribution is 7.18. The second-order valence-electron chi connectivity index (χ2n) is 7.93. The molecule has 2 atom stereocenters. The van der Waals surface area contributed by atoms with Gasteiger partial charge in [-0.25, -0.2) is 4.98 Å². The number of carboxylic acids is 1. The number of benzene rings is 2. The van der Waals surface area contributed by atoms with Crippen molar-refractivity contribution in [2.45, 2.75) is 31.8 Å². The molecule has 182 valence electrons. The third kappa shape index (κ3) is 6.16. The molecule has 3 aromatic rings. The van der Waals surface area contributed by atoms with E-state index >= 15 is 0 Å². The number of hydrogen-bond donors (Lipinski definition) is 4.